The lowest BCUT2D eigenvalue weighted by atomic mass is 9.79. The van der Waals surface area contributed by atoms with E-state index in [1.54, 1.807) is 6.07 Å². The fourth-order valence-electron chi connectivity index (χ4n) is 3.15. The molecule has 5 heteroatoms. The van der Waals surface area contributed by atoms with E-state index in [-0.39, 0.29) is 23.6 Å². The number of hydrogen-bond donors (Lipinski definition) is 1. The average molecular weight is 307 g/mol. The molecule has 1 aliphatic carbocycles. The molecule has 22 heavy (non-hydrogen) atoms. The Hall–Kier alpha value is -1.91. The molecule has 4 nitrogen and oxygen atoms in total. The van der Waals surface area contributed by atoms with Crippen molar-refractivity contribution in [3.63, 3.8) is 0 Å². The molecule has 0 heterocycles. The maximum Gasteiger partial charge on any atom is 0.308 e. The molecular formula is C17H22FNO3. The number of amides is 1. The van der Waals surface area contributed by atoms with Gasteiger partial charge in [0.25, 0.3) is 5.91 Å². The zero-order chi connectivity index (χ0) is 16.1. The number of carbonyl (C=O) groups excluding carboxylic acids is 2. The highest BCUT2D eigenvalue weighted by Crippen LogP contribution is 2.32. The summed E-state index contributed by atoms with van der Waals surface area (Å²) in [5.41, 5.74) is 1.18. The SMILES string of the molecule is CNC(=O)c1cc(F)cc(CC2CCC(C(=O)OC)CC2)c1. The van der Waals surface area contributed by atoms with Crippen LogP contribution in [-0.2, 0) is 16.0 Å². The normalized spacial score (nSPS) is 21.2. The highest BCUT2D eigenvalue weighted by atomic mass is 19.1. The van der Waals surface area contributed by atoms with Crippen molar-refractivity contribution in [3.05, 3.63) is 35.1 Å². The first-order chi connectivity index (χ1) is 10.5. The average Bonchev–Trinajstić information content (AvgIpc) is 2.53. The van der Waals surface area contributed by atoms with Crippen LogP contribution in [-0.4, -0.2) is 26.0 Å². The van der Waals surface area contributed by atoms with Crippen molar-refractivity contribution in [2.24, 2.45) is 11.8 Å². The van der Waals surface area contributed by atoms with Crippen LogP contribution in [0.4, 0.5) is 4.39 Å². The lowest BCUT2D eigenvalue weighted by Crippen LogP contribution is -2.24. The summed E-state index contributed by atoms with van der Waals surface area (Å²) in [5.74, 6) is -0.393. The molecule has 1 fully saturated rings. The van der Waals surface area contributed by atoms with E-state index in [2.05, 4.69) is 5.32 Å². The van der Waals surface area contributed by atoms with Crippen LogP contribution < -0.4 is 5.32 Å². The first kappa shape index (κ1) is 16.5. The summed E-state index contributed by atoms with van der Waals surface area (Å²) in [5, 5.41) is 2.51. The van der Waals surface area contributed by atoms with Gasteiger partial charge in [0, 0.05) is 12.6 Å². The Morgan fingerprint density at radius 2 is 1.91 bits per heavy atom. The quantitative estimate of drug-likeness (QED) is 0.870. The van der Waals surface area contributed by atoms with Crippen LogP contribution in [0.15, 0.2) is 18.2 Å². The minimum Gasteiger partial charge on any atom is -0.469 e. The van der Waals surface area contributed by atoms with Gasteiger partial charge in [-0.1, -0.05) is 0 Å². The van der Waals surface area contributed by atoms with Crippen molar-refractivity contribution in [2.45, 2.75) is 32.1 Å². The minimum atomic E-state index is -0.389. The molecule has 1 saturated carbocycles. The van der Waals surface area contributed by atoms with Crippen LogP contribution in [0.2, 0.25) is 0 Å². The van der Waals surface area contributed by atoms with Gasteiger partial charge in [0.05, 0.1) is 13.0 Å². The molecule has 0 bridgehead atoms. The topological polar surface area (TPSA) is 55.4 Å². The first-order valence-electron chi connectivity index (χ1n) is 7.63. The van der Waals surface area contributed by atoms with Crippen molar-refractivity contribution in [3.8, 4) is 0 Å². The molecule has 0 spiro atoms. The third-order valence-electron chi connectivity index (χ3n) is 4.35. The van der Waals surface area contributed by atoms with Gasteiger partial charge in [0.2, 0.25) is 0 Å². The number of ether oxygens (including phenoxy) is 1. The Labute approximate surface area is 130 Å². The van der Waals surface area contributed by atoms with Gasteiger partial charge >= 0.3 is 5.97 Å². The van der Waals surface area contributed by atoms with Crippen LogP contribution in [0.5, 0.6) is 0 Å². The Bertz CT molecular complexity index is 551. The number of carbonyl (C=O) groups is 2. The number of esters is 1. The second kappa shape index (κ2) is 7.38. The number of benzene rings is 1. The summed E-state index contributed by atoms with van der Waals surface area (Å²) in [6.07, 6.45) is 4.21. The van der Waals surface area contributed by atoms with E-state index in [1.807, 2.05) is 0 Å². The number of methoxy groups -OCH3 is 1. The van der Waals surface area contributed by atoms with Gasteiger partial charge in [-0.25, -0.2) is 4.39 Å². The molecule has 0 unspecified atom stereocenters. The molecule has 0 aromatic heterocycles. The van der Waals surface area contributed by atoms with Gasteiger partial charge in [0.1, 0.15) is 5.82 Å². The van der Waals surface area contributed by atoms with Crippen LogP contribution in [0.1, 0.15) is 41.6 Å². The van der Waals surface area contributed by atoms with Gasteiger partial charge in [0.15, 0.2) is 0 Å². The molecule has 1 aromatic carbocycles. The maximum atomic E-state index is 13.7. The van der Waals surface area contributed by atoms with E-state index in [1.165, 1.54) is 26.3 Å². The Balaban J connectivity index is 1.99. The number of halogens is 1. The first-order valence-corrected chi connectivity index (χ1v) is 7.63. The van der Waals surface area contributed by atoms with Crippen molar-refractivity contribution >= 4 is 11.9 Å². The van der Waals surface area contributed by atoms with Crippen molar-refractivity contribution in [2.75, 3.05) is 14.2 Å². The molecule has 2 rings (SSSR count). The van der Waals surface area contributed by atoms with Crippen molar-refractivity contribution < 1.29 is 18.7 Å². The van der Waals surface area contributed by atoms with Crippen LogP contribution in [0.3, 0.4) is 0 Å². The fraction of sp³-hybridized carbons (Fsp3) is 0.529. The third-order valence-corrected chi connectivity index (χ3v) is 4.35. The van der Waals surface area contributed by atoms with Crippen molar-refractivity contribution in [1.29, 1.82) is 0 Å². The minimum absolute atomic E-state index is 0.00445. The largest absolute Gasteiger partial charge is 0.469 e. The second-order valence-corrected chi connectivity index (χ2v) is 5.87. The van der Waals surface area contributed by atoms with Crippen LogP contribution in [0, 0.1) is 17.7 Å². The van der Waals surface area contributed by atoms with E-state index >= 15 is 0 Å². The van der Waals surface area contributed by atoms with Gasteiger partial charge in [-0.3, -0.25) is 9.59 Å². The highest BCUT2D eigenvalue weighted by Gasteiger charge is 2.27. The van der Waals surface area contributed by atoms with E-state index in [0.29, 0.717) is 11.5 Å². The lowest BCUT2D eigenvalue weighted by molar-refractivity contribution is -0.146. The predicted molar refractivity (Wildman–Crippen MR) is 81.0 cm³/mol. The van der Waals surface area contributed by atoms with E-state index in [4.69, 9.17) is 4.74 Å². The van der Waals surface area contributed by atoms with E-state index in [9.17, 15) is 14.0 Å². The van der Waals surface area contributed by atoms with Gasteiger partial charge in [-0.15, -0.1) is 0 Å². The Morgan fingerprint density at radius 1 is 1.23 bits per heavy atom. The van der Waals surface area contributed by atoms with Crippen molar-refractivity contribution in [1.82, 2.24) is 5.32 Å². The second-order valence-electron chi connectivity index (χ2n) is 5.87. The van der Waals surface area contributed by atoms with Gasteiger partial charge < -0.3 is 10.1 Å². The number of hydrogen-bond acceptors (Lipinski definition) is 3. The van der Waals surface area contributed by atoms with E-state index in [0.717, 1.165) is 37.7 Å². The van der Waals surface area contributed by atoms with Gasteiger partial charge in [-0.2, -0.15) is 0 Å². The summed E-state index contributed by atoms with van der Waals surface area (Å²) in [4.78, 5) is 23.1. The molecule has 0 radical (unpaired) electrons. The third kappa shape index (κ3) is 4.06. The Kier molecular flexibility index (Phi) is 5.52. The van der Waals surface area contributed by atoms with Crippen LogP contribution >= 0.6 is 0 Å². The number of nitrogens with one attached hydrogen (secondary N) is 1. The summed E-state index contributed by atoms with van der Waals surface area (Å²) >= 11 is 0. The molecule has 120 valence electrons. The van der Waals surface area contributed by atoms with E-state index < -0.39 is 0 Å². The number of rotatable bonds is 4. The molecule has 1 amide bonds. The summed E-state index contributed by atoms with van der Waals surface area (Å²) in [6.45, 7) is 0. The monoisotopic (exact) mass is 307 g/mol. The lowest BCUT2D eigenvalue weighted by Gasteiger charge is -2.27. The summed E-state index contributed by atoms with van der Waals surface area (Å²) in [7, 11) is 2.95. The van der Waals surface area contributed by atoms with Gasteiger partial charge in [-0.05, 0) is 61.8 Å². The molecule has 1 aliphatic rings. The molecular weight excluding hydrogens is 285 g/mol. The van der Waals surface area contributed by atoms with Crippen LogP contribution in [0.25, 0.3) is 0 Å². The predicted octanol–water partition coefficient (Wildman–Crippen LogP) is 2.71. The standard InChI is InChI=1S/C17H22FNO3/c1-19-16(20)14-8-12(9-15(18)10-14)7-11-3-5-13(6-4-11)17(21)22-2/h8-11,13H,3-7H2,1-2H3,(H,19,20). The fourth-order valence-corrected chi connectivity index (χ4v) is 3.15. The molecule has 0 aliphatic heterocycles. The highest BCUT2D eigenvalue weighted by molar-refractivity contribution is 5.94. The zero-order valence-corrected chi connectivity index (χ0v) is 13.0. The molecule has 1 aromatic rings. The Morgan fingerprint density at radius 3 is 2.50 bits per heavy atom. The smallest absolute Gasteiger partial charge is 0.308 e. The molecule has 0 saturated heterocycles. The molecule has 1 N–H and O–H groups in total. The summed E-state index contributed by atoms with van der Waals surface area (Å²) < 4.78 is 18.4. The molecule has 0 atom stereocenters. The zero-order valence-electron chi connectivity index (χ0n) is 13.0. The summed E-state index contributed by atoms with van der Waals surface area (Å²) in [6, 6.07) is 4.48. The maximum absolute atomic E-state index is 13.7.